The number of nitrogens with one attached hydrogen (secondary N) is 3. The van der Waals surface area contributed by atoms with Crippen LogP contribution in [0.25, 0.3) is 0 Å². The summed E-state index contributed by atoms with van der Waals surface area (Å²) in [6.07, 6.45) is 0. The molecule has 0 radical (unpaired) electrons. The molecule has 0 saturated heterocycles. The largest absolute Gasteiger partial charge is 0.508 e. The van der Waals surface area contributed by atoms with Gasteiger partial charge in [0.2, 0.25) is 17.8 Å². The van der Waals surface area contributed by atoms with Crippen LogP contribution in [0.1, 0.15) is 0 Å². The number of ether oxygens (including phenoxy) is 2. The zero-order valence-corrected chi connectivity index (χ0v) is 17.1. The number of phenols is 1. The van der Waals surface area contributed by atoms with Crippen LogP contribution < -0.4 is 21.7 Å². The molecule has 0 aliphatic heterocycles. The van der Waals surface area contributed by atoms with Crippen LogP contribution in [0.2, 0.25) is 0 Å². The van der Waals surface area contributed by atoms with E-state index in [-0.39, 0.29) is 5.75 Å². The van der Waals surface area contributed by atoms with Crippen molar-refractivity contribution < 1.29 is 14.6 Å². The van der Waals surface area contributed by atoms with E-state index >= 15 is 0 Å². The molecule has 2 aromatic carbocycles. The van der Waals surface area contributed by atoms with Gasteiger partial charge in [-0.25, -0.2) is 0 Å². The Morgan fingerprint density at radius 2 is 1.29 bits per heavy atom. The Labute approximate surface area is 180 Å². The Morgan fingerprint density at radius 1 is 0.710 bits per heavy atom. The van der Waals surface area contributed by atoms with E-state index in [1.54, 1.807) is 24.3 Å². The Morgan fingerprint density at radius 3 is 1.94 bits per heavy atom. The van der Waals surface area contributed by atoms with Gasteiger partial charge in [-0.05, 0) is 36.4 Å². The summed E-state index contributed by atoms with van der Waals surface area (Å²) in [5.74, 6) is 1.33. The summed E-state index contributed by atoms with van der Waals surface area (Å²) in [6.45, 7) is 3.02. The molecular weight excluding hydrogens is 398 g/mol. The van der Waals surface area contributed by atoms with E-state index in [0.717, 1.165) is 11.4 Å². The topological polar surface area (TPSA) is 139 Å². The Hall–Kier alpha value is -3.47. The summed E-state index contributed by atoms with van der Waals surface area (Å²) in [4.78, 5) is 13.3. The van der Waals surface area contributed by atoms with E-state index in [9.17, 15) is 5.11 Å². The molecule has 0 aliphatic rings. The highest BCUT2D eigenvalue weighted by Gasteiger charge is 2.08. The fourth-order valence-electron chi connectivity index (χ4n) is 2.53. The van der Waals surface area contributed by atoms with Gasteiger partial charge in [0.15, 0.2) is 0 Å². The van der Waals surface area contributed by atoms with Gasteiger partial charge in [0.1, 0.15) is 5.75 Å². The predicted octanol–water partition coefficient (Wildman–Crippen LogP) is 2.47. The number of aromatic nitrogens is 3. The average Bonchev–Trinajstić information content (AvgIpc) is 2.78. The zero-order chi connectivity index (χ0) is 21.7. The Balaban J connectivity index is 1.62. The van der Waals surface area contributed by atoms with Gasteiger partial charge in [-0.15, -0.1) is 0 Å². The highest BCUT2D eigenvalue weighted by molar-refractivity contribution is 5.59. The van der Waals surface area contributed by atoms with Gasteiger partial charge in [-0.3, -0.25) is 0 Å². The molecule has 31 heavy (non-hydrogen) atoms. The minimum Gasteiger partial charge on any atom is -0.508 e. The van der Waals surface area contributed by atoms with Gasteiger partial charge in [-0.2, -0.15) is 15.0 Å². The van der Waals surface area contributed by atoms with Crippen molar-refractivity contribution in [3.05, 3.63) is 54.6 Å². The molecule has 0 fully saturated rings. The molecule has 1 heterocycles. The van der Waals surface area contributed by atoms with E-state index in [1.807, 2.05) is 30.3 Å². The summed E-state index contributed by atoms with van der Waals surface area (Å²) < 4.78 is 10.8. The second kappa shape index (κ2) is 12.3. The van der Waals surface area contributed by atoms with Crippen molar-refractivity contribution in [2.45, 2.75) is 0 Å². The first-order chi connectivity index (χ1) is 15.2. The lowest BCUT2D eigenvalue weighted by atomic mass is 10.3. The second-order valence-corrected chi connectivity index (χ2v) is 6.41. The molecular formula is C21H27N7O3. The number of benzene rings is 2. The molecule has 1 aromatic heterocycles. The standard InChI is InChI=1S/C21H27N7O3/c22-10-12-30-14-15-31-13-11-23-19-26-20(24-16-4-2-1-3-5-16)28-21(27-19)25-17-6-8-18(29)9-7-17/h1-9,29H,10-15,22H2,(H3,23,24,25,26,27,28). The lowest BCUT2D eigenvalue weighted by Crippen LogP contribution is -2.16. The lowest BCUT2D eigenvalue weighted by Gasteiger charge is -2.12. The van der Waals surface area contributed by atoms with Crippen LogP contribution in [0.5, 0.6) is 5.75 Å². The molecule has 0 spiro atoms. The SMILES string of the molecule is NCCOCCOCCNc1nc(Nc2ccccc2)nc(Nc2ccc(O)cc2)n1. The third kappa shape index (κ3) is 8.05. The van der Waals surface area contributed by atoms with Gasteiger partial charge in [0.05, 0.1) is 26.4 Å². The van der Waals surface area contributed by atoms with Crippen molar-refractivity contribution in [3.8, 4) is 5.75 Å². The van der Waals surface area contributed by atoms with Gasteiger partial charge in [0, 0.05) is 24.5 Å². The first kappa shape index (κ1) is 22.2. The molecule has 3 aromatic rings. The highest BCUT2D eigenvalue weighted by atomic mass is 16.5. The fourth-order valence-corrected chi connectivity index (χ4v) is 2.53. The maximum Gasteiger partial charge on any atom is 0.233 e. The van der Waals surface area contributed by atoms with Gasteiger partial charge < -0.3 is 36.3 Å². The summed E-state index contributed by atoms with van der Waals surface area (Å²) in [7, 11) is 0. The van der Waals surface area contributed by atoms with Crippen molar-refractivity contribution >= 4 is 29.2 Å². The third-order valence-electron chi connectivity index (χ3n) is 3.95. The number of para-hydroxylation sites is 1. The van der Waals surface area contributed by atoms with Crippen LogP contribution in [0.15, 0.2) is 54.6 Å². The van der Waals surface area contributed by atoms with E-state index in [2.05, 4.69) is 30.9 Å². The van der Waals surface area contributed by atoms with Crippen LogP contribution in [-0.4, -0.2) is 59.6 Å². The zero-order valence-electron chi connectivity index (χ0n) is 17.1. The summed E-state index contributed by atoms with van der Waals surface area (Å²) in [6, 6.07) is 16.3. The summed E-state index contributed by atoms with van der Waals surface area (Å²) >= 11 is 0. The van der Waals surface area contributed by atoms with E-state index < -0.39 is 0 Å². The first-order valence-corrected chi connectivity index (χ1v) is 9.96. The molecule has 6 N–H and O–H groups in total. The van der Waals surface area contributed by atoms with Crippen LogP contribution in [0, 0.1) is 0 Å². The second-order valence-electron chi connectivity index (χ2n) is 6.41. The minimum atomic E-state index is 0.184. The molecule has 0 amide bonds. The van der Waals surface area contributed by atoms with Crippen molar-refractivity contribution in [2.24, 2.45) is 5.73 Å². The normalized spacial score (nSPS) is 10.6. The van der Waals surface area contributed by atoms with Gasteiger partial charge in [0.25, 0.3) is 0 Å². The van der Waals surface area contributed by atoms with Crippen molar-refractivity contribution in [1.29, 1.82) is 0 Å². The van der Waals surface area contributed by atoms with E-state index in [0.29, 0.717) is 57.4 Å². The Bertz CT molecular complexity index is 911. The number of nitrogens with two attached hydrogens (primary N) is 1. The van der Waals surface area contributed by atoms with Crippen molar-refractivity contribution in [3.63, 3.8) is 0 Å². The highest BCUT2D eigenvalue weighted by Crippen LogP contribution is 2.20. The van der Waals surface area contributed by atoms with Gasteiger partial charge in [-0.1, -0.05) is 18.2 Å². The third-order valence-corrected chi connectivity index (χ3v) is 3.95. The number of nitrogens with zero attached hydrogens (tertiary/aromatic N) is 3. The fraction of sp³-hybridized carbons (Fsp3) is 0.286. The molecule has 3 rings (SSSR count). The number of phenolic OH excluding ortho intramolecular Hbond substituents is 1. The molecule has 0 bridgehead atoms. The number of rotatable bonds is 13. The van der Waals surface area contributed by atoms with Gasteiger partial charge >= 0.3 is 0 Å². The number of anilines is 5. The molecule has 0 atom stereocenters. The van der Waals surface area contributed by atoms with Crippen molar-refractivity contribution in [1.82, 2.24) is 15.0 Å². The molecule has 10 nitrogen and oxygen atoms in total. The number of hydrogen-bond donors (Lipinski definition) is 5. The van der Waals surface area contributed by atoms with E-state index in [4.69, 9.17) is 15.2 Å². The van der Waals surface area contributed by atoms with Crippen molar-refractivity contribution in [2.75, 3.05) is 55.5 Å². The lowest BCUT2D eigenvalue weighted by molar-refractivity contribution is 0.0547. The maximum atomic E-state index is 9.46. The molecule has 0 unspecified atom stereocenters. The molecule has 164 valence electrons. The minimum absolute atomic E-state index is 0.184. The predicted molar refractivity (Wildman–Crippen MR) is 120 cm³/mol. The van der Waals surface area contributed by atoms with Crippen LogP contribution >= 0.6 is 0 Å². The van der Waals surface area contributed by atoms with E-state index in [1.165, 1.54) is 0 Å². The summed E-state index contributed by atoms with van der Waals surface area (Å²) in [5, 5.41) is 18.9. The maximum absolute atomic E-state index is 9.46. The molecule has 10 heteroatoms. The molecule has 0 saturated carbocycles. The quantitative estimate of drug-likeness (QED) is 0.205. The van der Waals surface area contributed by atoms with Crippen LogP contribution in [0.3, 0.4) is 0 Å². The Kier molecular flexibility index (Phi) is 8.80. The molecule has 0 aliphatic carbocycles. The average molecular weight is 425 g/mol. The smallest absolute Gasteiger partial charge is 0.233 e. The first-order valence-electron chi connectivity index (χ1n) is 9.96. The number of hydrogen-bond acceptors (Lipinski definition) is 10. The van der Waals surface area contributed by atoms with Crippen LogP contribution in [0.4, 0.5) is 29.2 Å². The number of aromatic hydroxyl groups is 1. The monoisotopic (exact) mass is 425 g/mol. The summed E-state index contributed by atoms with van der Waals surface area (Å²) in [5.41, 5.74) is 6.96. The van der Waals surface area contributed by atoms with Crippen LogP contribution in [-0.2, 0) is 9.47 Å².